The molecule has 3 rings (SSSR count). The van der Waals surface area contributed by atoms with Gasteiger partial charge in [-0.05, 0) is 42.8 Å². The van der Waals surface area contributed by atoms with Crippen LogP contribution in [0.15, 0.2) is 57.7 Å². The lowest BCUT2D eigenvalue weighted by atomic mass is 10.1. The van der Waals surface area contributed by atoms with Crippen LogP contribution in [0.25, 0.3) is 22.3 Å². The van der Waals surface area contributed by atoms with Crippen molar-refractivity contribution in [3.05, 3.63) is 63.8 Å². The first-order valence-corrected chi connectivity index (χ1v) is 8.03. The number of hydrogen-bond donors (Lipinski definition) is 0. The molecule has 0 radical (unpaired) electrons. The summed E-state index contributed by atoms with van der Waals surface area (Å²) in [7, 11) is 0. The molecule has 4 heteroatoms. The Morgan fingerprint density at radius 1 is 1.09 bits per heavy atom. The fourth-order valence-corrected chi connectivity index (χ4v) is 2.49. The lowest BCUT2D eigenvalue weighted by Crippen LogP contribution is -2.11. The van der Waals surface area contributed by atoms with Crippen molar-refractivity contribution in [2.45, 2.75) is 19.8 Å². The van der Waals surface area contributed by atoms with Crippen molar-refractivity contribution in [2.24, 2.45) is 0 Å². The number of halogens is 1. The molecule has 1 aromatic heterocycles. The van der Waals surface area contributed by atoms with Crippen LogP contribution in [0.2, 0.25) is 5.02 Å². The van der Waals surface area contributed by atoms with Crippen molar-refractivity contribution in [1.29, 1.82) is 0 Å². The van der Waals surface area contributed by atoms with E-state index in [2.05, 4.69) is 6.92 Å². The van der Waals surface area contributed by atoms with Crippen molar-refractivity contribution in [2.75, 3.05) is 6.61 Å². The van der Waals surface area contributed by atoms with E-state index < -0.39 is 0 Å². The highest BCUT2D eigenvalue weighted by Crippen LogP contribution is 2.31. The molecular weight excluding hydrogens is 312 g/mol. The molecule has 0 unspecified atom stereocenters. The van der Waals surface area contributed by atoms with Gasteiger partial charge >= 0.3 is 0 Å². The maximum atomic E-state index is 12.8. The van der Waals surface area contributed by atoms with Gasteiger partial charge in [0.1, 0.15) is 5.58 Å². The maximum Gasteiger partial charge on any atom is 0.235 e. The van der Waals surface area contributed by atoms with Crippen LogP contribution in [-0.4, -0.2) is 6.61 Å². The van der Waals surface area contributed by atoms with E-state index in [1.807, 2.05) is 24.3 Å². The van der Waals surface area contributed by atoms with Gasteiger partial charge in [0, 0.05) is 10.6 Å². The second-order valence-electron chi connectivity index (χ2n) is 5.29. The van der Waals surface area contributed by atoms with Gasteiger partial charge in [0.15, 0.2) is 5.76 Å². The van der Waals surface area contributed by atoms with Gasteiger partial charge in [-0.2, -0.15) is 0 Å². The van der Waals surface area contributed by atoms with Crippen molar-refractivity contribution in [3.63, 3.8) is 0 Å². The molecule has 0 atom stereocenters. The van der Waals surface area contributed by atoms with Gasteiger partial charge in [-0.25, -0.2) is 0 Å². The van der Waals surface area contributed by atoms with E-state index in [1.165, 1.54) is 0 Å². The normalized spacial score (nSPS) is 10.9. The molecule has 118 valence electrons. The topological polar surface area (TPSA) is 39.4 Å². The fourth-order valence-electron chi connectivity index (χ4n) is 2.37. The minimum absolute atomic E-state index is 0.145. The van der Waals surface area contributed by atoms with Crippen LogP contribution in [0.4, 0.5) is 0 Å². The molecule has 3 aromatic rings. The standard InChI is InChI=1S/C19H17ClO3/c1-2-3-12-22-19-17(21)15-6-4-5-7-16(15)23-18(19)13-8-10-14(20)11-9-13/h4-11H,2-3,12H2,1H3. The SMILES string of the molecule is CCCCOc1c(-c2ccc(Cl)cc2)oc2ccccc2c1=O. The van der Waals surface area contributed by atoms with E-state index in [4.69, 9.17) is 20.8 Å². The monoisotopic (exact) mass is 328 g/mol. The van der Waals surface area contributed by atoms with E-state index in [1.54, 1.807) is 24.3 Å². The molecule has 2 aromatic carbocycles. The molecule has 0 saturated heterocycles. The zero-order valence-electron chi connectivity index (χ0n) is 12.8. The van der Waals surface area contributed by atoms with Gasteiger partial charge in [0.05, 0.1) is 12.0 Å². The van der Waals surface area contributed by atoms with Crippen molar-refractivity contribution in [3.8, 4) is 17.1 Å². The van der Waals surface area contributed by atoms with Gasteiger partial charge in [-0.3, -0.25) is 4.79 Å². The highest BCUT2D eigenvalue weighted by molar-refractivity contribution is 6.30. The summed E-state index contributed by atoms with van der Waals surface area (Å²) in [5.74, 6) is 0.709. The van der Waals surface area contributed by atoms with Gasteiger partial charge < -0.3 is 9.15 Å². The highest BCUT2D eigenvalue weighted by atomic mass is 35.5. The number of hydrogen-bond acceptors (Lipinski definition) is 3. The zero-order valence-corrected chi connectivity index (χ0v) is 13.6. The lowest BCUT2D eigenvalue weighted by molar-refractivity contribution is 0.301. The first kappa shape index (κ1) is 15.6. The van der Waals surface area contributed by atoms with Crippen LogP contribution in [0, 0.1) is 0 Å². The summed E-state index contributed by atoms with van der Waals surface area (Å²) in [5.41, 5.74) is 1.17. The molecule has 1 heterocycles. The number of ether oxygens (including phenoxy) is 1. The van der Waals surface area contributed by atoms with E-state index in [9.17, 15) is 4.79 Å². The summed E-state index contributed by atoms with van der Waals surface area (Å²) >= 11 is 5.94. The third-order valence-electron chi connectivity index (χ3n) is 3.61. The molecule has 0 bridgehead atoms. The second-order valence-corrected chi connectivity index (χ2v) is 5.73. The Hall–Kier alpha value is -2.26. The van der Waals surface area contributed by atoms with Crippen LogP contribution < -0.4 is 10.2 Å². The number of fused-ring (bicyclic) bond motifs is 1. The molecule has 0 amide bonds. The molecule has 0 aliphatic carbocycles. The molecule has 0 aliphatic rings. The summed E-state index contributed by atoms with van der Waals surface area (Å²) in [6.45, 7) is 2.56. The Balaban J connectivity index is 2.18. The number of para-hydroxylation sites is 1. The van der Waals surface area contributed by atoms with Gasteiger partial charge in [-0.1, -0.05) is 37.1 Å². The summed E-state index contributed by atoms with van der Waals surface area (Å²) in [6, 6.07) is 14.4. The van der Waals surface area contributed by atoms with Crippen molar-refractivity contribution in [1.82, 2.24) is 0 Å². The smallest absolute Gasteiger partial charge is 0.235 e. The highest BCUT2D eigenvalue weighted by Gasteiger charge is 2.17. The van der Waals surface area contributed by atoms with Crippen LogP contribution in [0.5, 0.6) is 5.75 Å². The quantitative estimate of drug-likeness (QED) is 0.597. The van der Waals surface area contributed by atoms with Crippen LogP contribution in [0.1, 0.15) is 19.8 Å². The molecule has 0 saturated carbocycles. The summed E-state index contributed by atoms with van der Waals surface area (Å²) < 4.78 is 11.7. The van der Waals surface area contributed by atoms with E-state index in [0.717, 1.165) is 18.4 Å². The number of benzene rings is 2. The van der Waals surface area contributed by atoms with Crippen molar-refractivity contribution < 1.29 is 9.15 Å². The van der Waals surface area contributed by atoms with E-state index in [0.29, 0.717) is 28.4 Å². The molecule has 23 heavy (non-hydrogen) atoms. The Morgan fingerprint density at radius 2 is 1.83 bits per heavy atom. The third kappa shape index (κ3) is 3.25. The number of unbranched alkanes of at least 4 members (excludes halogenated alkanes) is 1. The Morgan fingerprint density at radius 3 is 2.57 bits per heavy atom. The Bertz CT molecular complexity index is 866. The minimum Gasteiger partial charge on any atom is -0.486 e. The van der Waals surface area contributed by atoms with Crippen LogP contribution in [0.3, 0.4) is 0 Å². The first-order valence-electron chi connectivity index (χ1n) is 7.65. The zero-order chi connectivity index (χ0) is 16.2. The summed E-state index contributed by atoms with van der Waals surface area (Å²) in [4.78, 5) is 12.8. The molecular formula is C19H17ClO3. The average molecular weight is 329 g/mol. The van der Waals surface area contributed by atoms with E-state index >= 15 is 0 Å². The average Bonchev–Trinajstić information content (AvgIpc) is 2.58. The summed E-state index contributed by atoms with van der Waals surface area (Å²) in [6.07, 6.45) is 1.88. The molecule has 0 aliphatic heterocycles. The summed E-state index contributed by atoms with van der Waals surface area (Å²) in [5, 5.41) is 1.15. The van der Waals surface area contributed by atoms with Gasteiger partial charge in [0.25, 0.3) is 0 Å². The van der Waals surface area contributed by atoms with Crippen molar-refractivity contribution >= 4 is 22.6 Å². The third-order valence-corrected chi connectivity index (χ3v) is 3.86. The predicted molar refractivity (Wildman–Crippen MR) is 93.3 cm³/mol. The largest absolute Gasteiger partial charge is 0.486 e. The molecule has 0 N–H and O–H groups in total. The predicted octanol–water partition coefficient (Wildman–Crippen LogP) is 5.29. The fraction of sp³-hybridized carbons (Fsp3) is 0.211. The lowest BCUT2D eigenvalue weighted by Gasteiger charge is -2.11. The molecule has 0 fully saturated rings. The first-order chi connectivity index (χ1) is 11.2. The van der Waals surface area contributed by atoms with Crippen LogP contribution >= 0.6 is 11.6 Å². The Labute approximate surface area is 139 Å². The maximum absolute atomic E-state index is 12.8. The van der Waals surface area contributed by atoms with Gasteiger partial charge in [-0.15, -0.1) is 0 Å². The van der Waals surface area contributed by atoms with E-state index in [-0.39, 0.29) is 11.2 Å². The second kappa shape index (κ2) is 6.88. The van der Waals surface area contributed by atoms with Gasteiger partial charge in [0.2, 0.25) is 11.2 Å². The Kier molecular flexibility index (Phi) is 4.68. The number of rotatable bonds is 5. The van der Waals surface area contributed by atoms with Crippen LogP contribution in [-0.2, 0) is 0 Å². The molecule has 0 spiro atoms. The minimum atomic E-state index is -0.145. The molecule has 3 nitrogen and oxygen atoms in total.